The molecule has 0 heterocycles. The first-order valence-corrected chi connectivity index (χ1v) is 8.36. The molecular formula is C19H20ClN3O3. The molecule has 3 amide bonds. The zero-order valence-corrected chi connectivity index (χ0v) is 15.5. The van der Waals surface area contributed by atoms with Crippen LogP contribution in [0.3, 0.4) is 0 Å². The lowest BCUT2D eigenvalue weighted by Crippen LogP contribution is -2.39. The zero-order valence-electron chi connectivity index (χ0n) is 14.8. The summed E-state index contributed by atoms with van der Waals surface area (Å²) in [6, 6.07) is 10.4. The van der Waals surface area contributed by atoms with E-state index in [1.165, 1.54) is 0 Å². The molecule has 136 valence electrons. The van der Waals surface area contributed by atoms with Crippen LogP contribution in [0.5, 0.6) is 0 Å². The standard InChI is InChI=1S/C19H20ClN3O3/c1-11-4-6-15(9-12(11)2)22-19(26)18(25)21-10-17(24)23-16-7-5-14(20)8-13(16)3/h4-9H,10H2,1-3H3,(H,21,25)(H,22,26)(H,23,24). The van der Waals surface area contributed by atoms with E-state index in [4.69, 9.17) is 11.6 Å². The number of hydrogen-bond acceptors (Lipinski definition) is 3. The van der Waals surface area contributed by atoms with Crippen LogP contribution in [0, 0.1) is 20.8 Å². The minimum absolute atomic E-state index is 0.318. The van der Waals surface area contributed by atoms with Gasteiger partial charge in [0.2, 0.25) is 5.91 Å². The Labute approximate surface area is 156 Å². The Morgan fingerprint density at radius 1 is 0.846 bits per heavy atom. The summed E-state index contributed by atoms with van der Waals surface area (Å²) in [5.41, 5.74) is 4.00. The molecule has 0 aromatic heterocycles. The minimum Gasteiger partial charge on any atom is -0.339 e. The maximum absolute atomic E-state index is 11.9. The highest BCUT2D eigenvalue weighted by molar-refractivity contribution is 6.40. The fourth-order valence-electron chi connectivity index (χ4n) is 2.21. The second-order valence-corrected chi connectivity index (χ2v) is 6.38. The van der Waals surface area contributed by atoms with Crippen LogP contribution in [-0.2, 0) is 14.4 Å². The van der Waals surface area contributed by atoms with Gasteiger partial charge in [0.25, 0.3) is 0 Å². The molecule has 2 rings (SSSR count). The van der Waals surface area contributed by atoms with Gasteiger partial charge in [-0.05, 0) is 67.8 Å². The molecule has 7 heteroatoms. The van der Waals surface area contributed by atoms with Crippen molar-refractivity contribution < 1.29 is 14.4 Å². The van der Waals surface area contributed by atoms with Crippen LogP contribution in [0.2, 0.25) is 5.02 Å². The van der Waals surface area contributed by atoms with Crippen molar-refractivity contribution in [3.63, 3.8) is 0 Å². The summed E-state index contributed by atoms with van der Waals surface area (Å²) in [4.78, 5) is 35.7. The monoisotopic (exact) mass is 373 g/mol. The molecule has 0 atom stereocenters. The lowest BCUT2D eigenvalue weighted by molar-refractivity contribution is -0.136. The number of amides is 3. The molecule has 26 heavy (non-hydrogen) atoms. The van der Waals surface area contributed by atoms with Gasteiger partial charge in [-0.1, -0.05) is 17.7 Å². The molecule has 0 radical (unpaired) electrons. The van der Waals surface area contributed by atoms with Gasteiger partial charge in [-0.2, -0.15) is 0 Å². The van der Waals surface area contributed by atoms with Gasteiger partial charge in [0.1, 0.15) is 0 Å². The molecule has 0 aliphatic rings. The van der Waals surface area contributed by atoms with Gasteiger partial charge in [-0.15, -0.1) is 0 Å². The van der Waals surface area contributed by atoms with E-state index >= 15 is 0 Å². The van der Waals surface area contributed by atoms with Crippen LogP contribution in [0.1, 0.15) is 16.7 Å². The van der Waals surface area contributed by atoms with Crippen LogP contribution in [0.4, 0.5) is 11.4 Å². The molecular weight excluding hydrogens is 354 g/mol. The summed E-state index contributed by atoms with van der Waals surface area (Å²) in [6.07, 6.45) is 0. The maximum atomic E-state index is 11.9. The number of rotatable bonds is 4. The number of aryl methyl sites for hydroxylation is 3. The number of carbonyl (C=O) groups excluding carboxylic acids is 3. The van der Waals surface area contributed by atoms with Crippen molar-refractivity contribution in [1.82, 2.24) is 5.32 Å². The molecule has 3 N–H and O–H groups in total. The summed E-state index contributed by atoms with van der Waals surface area (Å²) in [5, 5.41) is 8.01. The largest absolute Gasteiger partial charge is 0.339 e. The Morgan fingerprint density at radius 3 is 2.23 bits per heavy atom. The van der Waals surface area contributed by atoms with Gasteiger partial charge >= 0.3 is 11.8 Å². The second-order valence-electron chi connectivity index (χ2n) is 5.94. The number of benzene rings is 2. The van der Waals surface area contributed by atoms with Crippen molar-refractivity contribution in [3.8, 4) is 0 Å². The third kappa shape index (κ3) is 5.32. The van der Waals surface area contributed by atoms with Gasteiger partial charge in [0.05, 0.1) is 6.54 Å². The Morgan fingerprint density at radius 2 is 1.58 bits per heavy atom. The number of hydrogen-bond donors (Lipinski definition) is 3. The van der Waals surface area contributed by atoms with Crippen molar-refractivity contribution in [2.45, 2.75) is 20.8 Å². The van der Waals surface area contributed by atoms with E-state index < -0.39 is 17.7 Å². The minimum atomic E-state index is -0.883. The highest BCUT2D eigenvalue weighted by atomic mass is 35.5. The first kappa shape index (κ1) is 19.5. The fraction of sp³-hybridized carbons (Fsp3) is 0.211. The molecule has 2 aromatic carbocycles. The van der Waals surface area contributed by atoms with Crippen LogP contribution >= 0.6 is 11.6 Å². The van der Waals surface area contributed by atoms with E-state index in [9.17, 15) is 14.4 Å². The normalized spacial score (nSPS) is 10.2. The van der Waals surface area contributed by atoms with E-state index in [-0.39, 0.29) is 6.54 Å². The Kier molecular flexibility index (Phi) is 6.36. The second kappa shape index (κ2) is 8.49. The molecule has 0 saturated heterocycles. The van der Waals surface area contributed by atoms with Crippen LogP contribution in [0.25, 0.3) is 0 Å². The van der Waals surface area contributed by atoms with Crippen molar-refractivity contribution >= 4 is 40.7 Å². The van der Waals surface area contributed by atoms with Gasteiger partial charge in [-0.3, -0.25) is 14.4 Å². The molecule has 0 aliphatic heterocycles. The number of anilines is 2. The van der Waals surface area contributed by atoms with E-state index in [0.29, 0.717) is 16.4 Å². The molecule has 2 aromatic rings. The lowest BCUT2D eigenvalue weighted by Gasteiger charge is -2.10. The van der Waals surface area contributed by atoms with E-state index in [1.807, 2.05) is 19.9 Å². The third-order valence-electron chi connectivity index (χ3n) is 3.84. The lowest BCUT2D eigenvalue weighted by atomic mass is 10.1. The first-order valence-electron chi connectivity index (χ1n) is 7.98. The van der Waals surface area contributed by atoms with Gasteiger partial charge in [0.15, 0.2) is 0 Å². The quantitative estimate of drug-likeness (QED) is 0.720. The highest BCUT2D eigenvalue weighted by Gasteiger charge is 2.15. The highest BCUT2D eigenvalue weighted by Crippen LogP contribution is 2.19. The first-order chi connectivity index (χ1) is 12.3. The number of halogens is 1. The summed E-state index contributed by atoms with van der Waals surface area (Å²) in [5.74, 6) is -2.15. The maximum Gasteiger partial charge on any atom is 0.313 e. The molecule has 0 bridgehead atoms. The Bertz CT molecular complexity index is 865. The van der Waals surface area contributed by atoms with Crippen LogP contribution < -0.4 is 16.0 Å². The predicted octanol–water partition coefficient (Wildman–Crippen LogP) is 2.96. The van der Waals surface area contributed by atoms with Crippen LogP contribution in [-0.4, -0.2) is 24.3 Å². The van der Waals surface area contributed by atoms with Crippen molar-refractivity contribution in [2.24, 2.45) is 0 Å². The fourth-order valence-corrected chi connectivity index (χ4v) is 2.44. The van der Waals surface area contributed by atoms with Crippen molar-refractivity contribution in [3.05, 3.63) is 58.1 Å². The van der Waals surface area contributed by atoms with E-state index in [1.54, 1.807) is 37.3 Å². The zero-order chi connectivity index (χ0) is 19.3. The van der Waals surface area contributed by atoms with Crippen molar-refractivity contribution in [2.75, 3.05) is 17.2 Å². The molecule has 0 spiro atoms. The molecule has 0 saturated carbocycles. The van der Waals surface area contributed by atoms with Gasteiger partial charge < -0.3 is 16.0 Å². The molecule has 0 fully saturated rings. The average Bonchev–Trinajstić information content (AvgIpc) is 2.58. The van der Waals surface area contributed by atoms with E-state index in [2.05, 4.69) is 16.0 Å². The SMILES string of the molecule is Cc1ccc(NC(=O)C(=O)NCC(=O)Nc2ccc(Cl)cc2C)cc1C. The van der Waals surface area contributed by atoms with E-state index in [0.717, 1.165) is 16.7 Å². The van der Waals surface area contributed by atoms with Crippen molar-refractivity contribution in [1.29, 1.82) is 0 Å². The molecule has 0 aliphatic carbocycles. The summed E-state index contributed by atoms with van der Waals surface area (Å²) in [7, 11) is 0. The molecule has 0 unspecified atom stereocenters. The summed E-state index contributed by atoms with van der Waals surface area (Å²) >= 11 is 5.86. The number of nitrogens with one attached hydrogen (secondary N) is 3. The average molecular weight is 374 g/mol. The number of carbonyl (C=O) groups is 3. The Hall–Kier alpha value is -2.86. The smallest absolute Gasteiger partial charge is 0.313 e. The van der Waals surface area contributed by atoms with Crippen LogP contribution in [0.15, 0.2) is 36.4 Å². The summed E-state index contributed by atoms with van der Waals surface area (Å²) in [6.45, 7) is 5.35. The topological polar surface area (TPSA) is 87.3 Å². The Balaban J connectivity index is 1.85. The molecule has 6 nitrogen and oxygen atoms in total. The summed E-state index contributed by atoms with van der Waals surface area (Å²) < 4.78 is 0. The third-order valence-corrected chi connectivity index (χ3v) is 4.08. The van der Waals surface area contributed by atoms with Gasteiger partial charge in [-0.25, -0.2) is 0 Å². The predicted molar refractivity (Wildman–Crippen MR) is 102 cm³/mol. The van der Waals surface area contributed by atoms with Gasteiger partial charge in [0, 0.05) is 16.4 Å².